The van der Waals surface area contributed by atoms with Gasteiger partial charge in [0.2, 0.25) is 0 Å². The number of nitrogens with zero attached hydrogens (tertiary/aromatic N) is 3. The van der Waals surface area contributed by atoms with Crippen molar-refractivity contribution in [2.75, 3.05) is 11.5 Å². The third-order valence-corrected chi connectivity index (χ3v) is 4.49. The first-order chi connectivity index (χ1) is 10.2. The predicted molar refractivity (Wildman–Crippen MR) is 88.0 cm³/mol. The Bertz CT molecular complexity index is 722. The van der Waals surface area contributed by atoms with E-state index in [9.17, 15) is 0 Å². The maximum Gasteiger partial charge on any atom is 0.191 e. The highest BCUT2D eigenvalue weighted by Gasteiger charge is 2.07. The van der Waals surface area contributed by atoms with Crippen LogP contribution in [0.3, 0.4) is 0 Å². The molecule has 0 radical (unpaired) electrons. The van der Waals surface area contributed by atoms with Crippen molar-refractivity contribution >= 4 is 34.7 Å². The van der Waals surface area contributed by atoms with Crippen LogP contribution in [-0.4, -0.2) is 15.0 Å². The first kappa shape index (κ1) is 13.8. The Morgan fingerprint density at radius 3 is 2.43 bits per heavy atom. The summed E-state index contributed by atoms with van der Waals surface area (Å²) < 4.78 is 0. The molecule has 0 saturated carbocycles. The van der Waals surface area contributed by atoms with Crippen LogP contribution in [0.4, 0.5) is 11.6 Å². The molecule has 0 aliphatic rings. The van der Waals surface area contributed by atoms with Gasteiger partial charge in [-0.1, -0.05) is 42.1 Å². The zero-order chi connectivity index (χ0) is 14.7. The SMILES string of the molecule is Nc1cc(N)nc(SCc2csc(-c3ccccc3)n2)n1. The predicted octanol–water partition coefficient (Wildman–Crippen LogP) is 3.06. The molecular weight excluding hydrogens is 302 g/mol. The van der Waals surface area contributed by atoms with Crippen molar-refractivity contribution < 1.29 is 0 Å². The molecule has 106 valence electrons. The van der Waals surface area contributed by atoms with E-state index in [0.717, 1.165) is 16.3 Å². The van der Waals surface area contributed by atoms with Gasteiger partial charge in [0.25, 0.3) is 0 Å². The molecule has 4 N–H and O–H groups in total. The molecule has 1 aromatic carbocycles. The van der Waals surface area contributed by atoms with Crippen LogP contribution in [0, 0.1) is 0 Å². The van der Waals surface area contributed by atoms with Gasteiger partial charge in [0.05, 0.1) is 5.69 Å². The number of anilines is 2. The number of hydrogen-bond acceptors (Lipinski definition) is 7. The standard InChI is InChI=1S/C14H13N5S2/c15-11-6-12(16)19-14(18-11)21-8-10-7-20-13(17-10)9-4-2-1-3-5-9/h1-7H,8H2,(H4,15,16,18,19). The number of benzene rings is 1. The zero-order valence-corrected chi connectivity index (χ0v) is 12.7. The Hall–Kier alpha value is -2.12. The molecule has 3 aromatic rings. The number of aromatic nitrogens is 3. The van der Waals surface area contributed by atoms with E-state index in [1.807, 2.05) is 23.6 Å². The van der Waals surface area contributed by atoms with Gasteiger partial charge in [-0.25, -0.2) is 15.0 Å². The molecule has 2 heterocycles. The molecule has 0 atom stereocenters. The van der Waals surface area contributed by atoms with Gasteiger partial charge in [-0.05, 0) is 0 Å². The quantitative estimate of drug-likeness (QED) is 0.568. The summed E-state index contributed by atoms with van der Waals surface area (Å²) in [5.41, 5.74) is 13.4. The van der Waals surface area contributed by atoms with Crippen LogP contribution in [0.15, 0.2) is 46.9 Å². The molecular formula is C14H13N5S2. The van der Waals surface area contributed by atoms with Gasteiger partial charge >= 0.3 is 0 Å². The van der Waals surface area contributed by atoms with Gasteiger partial charge in [-0.3, -0.25) is 0 Å². The largest absolute Gasteiger partial charge is 0.383 e. The lowest BCUT2D eigenvalue weighted by atomic mass is 10.2. The second-order valence-electron chi connectivity index (χ2n) is 4.30. The summed E-state index contributed by atoms with van der Waals surface area (Å²) in [5.74, 6) is 1.45. The average molecular weight is 315 g/mol. The lowest BCUT2D eigenvalue weighted by Crippen LogP contribution is -1.99. The third kappa shape index (κ3) is 3.50. The molecule has 2 aromatic heterocycles. The van der Waals surface area contributed by atoms with Gasteiger partial charge < -0.3 is 11.5 Å². The number of rotatable bonds is 4. The molecule has 21 heavy (non-hydrogen) atoms. The van der Waals surface area contributed by atoms with Crippen LogP contribution in [0.2, 0.25) is 0 Å². The Balaban J connectivity index is 1.70. The van der Waals surface area contributed by atoms with E-state index >= 15 is 0 Å². The van der Waals surface area contributed by atoms with Crippen molar-refractivity contribution in [2.24, 2.45) is 0 Å². The van der Waals surface area contributed by atoms with E-state index in [1.54, 1.807) is 17.4 Å². The summed E-state index contributed by atoms with van der Waals surface area (Å²) >= 11 is 3.10. The summed E-state index contributed by atoms with van der Waals surface area (Å²) in [7, 11) is 0. The number of thiazole rings is 1. The maximum absolute atomic E-state index is 5.65. The maximum atomic E-state index is 5.65. The fourth-order valence-corrected chi connectivity index (χ4v) is 3.45. The normalized spacial score (nSPS) is 10.7. The minimum Gasteiger partial charge on any atom is -0.383 e. The molecule has 3 rings (SSSR count). The number of thioether (sulfide) groups is 1. The lowest BCUT2D eigenvalue weighted by molar-refractivity contribution is 0.982. The molecule has 5 nitrogen and oxygen atoms in total. The molecule has 0 bridgehead atoms. The first-order valence-corrected chi connectivity index (χ1v) is 8.10. The van der Waals surface area contributed by atoms with Crippen LogP contribution in [-0.2, 0) is 5.75 Å². The minimum absolute atomic E-state index is 0.383. The van der Waals surface area contributed by atoms with Crippen LogP contribution in [0.5, 0.6) is 0 Å². The van der Waals surface area contributed by atoms with E-state index in [1.165, 1.54) is 11.8 Å². The molecule has 0 aliphatic carbocycles. The van der Waals surface area contributed by atoms with Crippen LogP contribution in [0.1, 0.15) is 5.69 Å². The van der Waals surface area contributed by atoms with E-state index in [-0.39, 0.29) is 0 Å². The van der Waals surface area contributed by atoms with E-state index < -0.39 is 0 Å². The molecule has 0 aliphatic heterocycles. The Kier molecular flexibility index (Phi) is 4.03. The third-order valence-electron chi connectivity index (χ3n) is 2.67. The second kappa shape index (κ2) is 6.11. The fraction of sp³-hybridized carbons (Fsp3) is 0.0714. The van der Waals surface area contributed by atoms with Gasteiger partial charge in [0, 0.05) is 22.8 Å². The molecule has 0 fully saturated rings. The number of nitrogens with two attached hydrogens (primary N) is 2. The summed E-state index contributed by atoms with van der Waals surface area (Å²) in [6.07, 6.45) is 0. The van der Waals surface area contributed by atoms with Crippen LogP contribution < -0.4 is 11.5 Å². The number of nitrogen functional groups attached to an aromatic ring is 2. The van der Waals surface area contributed by atoms with E-state index in [0.29, 0.717) is 22.5 Å². The monoisotopic (exact) mass is 315 g/mol. The summed E-state index contributed by atoms with van der Waals surface area (Å²) in [6.45, 7) is 0. The second-order valence-corrected chi connectivity index (χ2v) is 6.10. The summed E-state index contributed by atoms with van der Waals surface area (Å²) in [6, 6.07) is 11.7. The van der Waals surface area contributed by atoms with Gasteiger partial charge in [-0.2, -0.15) is 0 Å². The Labute approximate surface area is 130 Å². The lowest BCUT2D eigenvalue weighted by Gasteiger charge is -2.01. The number of hydrogen-bond donors (Lipinski definition) is 2. The van der Waals surface area contributed by atoms with Gasteiger partial charge in [0.15, 0.2) is 5.16 Å². The van der Waals surface area contributed by atoms with Crippen LogP contribution >= 0.6 is 23.1 Å². The van der Waals surface area contributed by atoms with Crippen molar-refractivity contribution in [3.8, 4) is 10.6 Å². The molecule has 0 saturated heterocycles. The van der Waals surface area contributed by atoms with Crippen molar-refractivity contribution in [3.05, 3.63) is 47.5 Å². The Morgan fingerprint density at radius 2 is 1.71 bits per heavy atom. The summed E-state index contributed by atoms with van der Waals surface area (Å²) in [4.78, 5) is 12.9. The van der Waals surface area contributed by atoms with E-state index in [2.05, 4.69) is 27.1 Å². The first-order valence-electron chi connectivity index (χ1n) is 6.23. The van der Waals surface area contributed by atoms with Crippen molar-refractivity contribution in [3.63, 3.8) is 0 Å². The van der Waals surface area contributed by atoms with Crippen molar-refractivity contribution in [2.45, 2.75) is 10.9 Å². The van der Waals surface area contributed by atoms with Gasteiger partial charge in [0.1, 0.15) is 16.6 Å². The fourth-order valence-electron chi connectivity index (χ4n) is 1.75. The zero-order valence-electron chi connectivity index (χ0n) is 11.1. The average Bonchev–Trinajstić information content (AvgIpc) is 2.94. The molecule has 0 spiro atoms. The highest BCUT2D eigenvalue weighted by atomic mass is 32.2. The van der Waals surface area contributed by atoms with Crippen molar-refractivity contribution in [1.82, 2.24) is 15.0 Å². The topological polar surface area (TPSA) is 90.7 Å². The highest BCUT2D eigenvalue weighted by Crippen LogP contribution is 2.27. The van der Waals surface area contributed by atoms with Crippen molar-refractivity contribution in [1.29, 1.82) is 0 Å². The van der Waals surface area contributed by atoms with E-state index in [4.69, 9.17) is 11.5 Å². The van der Waals surface area contributed by atoms with Gasteiger partial charge in [-0.15, -0.1) is 11.3 Å². The van der Waals surface area contributed by atoms with Crippen LogP contribution in [0.25, 0.3) is 10.6 Å². The molecule has 0 amide bonds. The highest BCUT2D eigenvalue weighted by molar-refractivity contribution is 7.98. The minimum atomic E-state index is 0.383. The molecule has 7 heteroatoms. The molecule has 0 unspecified atom stereocenters. The smallest absolute Gasteiger partial charge is 0.191 e. The Morgan fingerprint density at radius 1 is 1.00 bits per heavy atom. The summed E-state index contributed by atoms with van der Waals surface area (Å²) in [5, 5.41) is 3.63.